The van der Waals surface area contributed by atoms with Gasteiger partial charge in [0.2, 0.25) is 0 Å². The number of halogens is 1. The van der Waals surface area contributed by atoms with Crippen LogP contribution in [0.3, 0.4) is 0 Å². The van der Waals surface area contributed by atoms with Crippen molar-refractivity contribution in [1.82, 2.24) is 15.2 Å². The Hall–Kier alpha value is -2.23. The monoisotopic (exact) mass is 570 g/mol. The van der Waals surface area contributed by atoms with Gasteiger partial charge in [-0.1, -0.05) is 12.1 Å². The summed E-state index contributed by atoms with van der Waals surface area (Å²) in [5.74, 6) is 2.39. The number of nitrogens with zero attached hydrogens (tertiary/aromatic N) is 2. The average Bonchev–Trinajstić information content (AvgIpc) is 2.77. The third-order valence-corrected chi connectivity index (χ3v) is 4.99. The molecule has 0 radical (unpaired) electrons. The highest BCUT2D eigenvalue weighted by atomic mass is 127. The Labute approximate surface area is 215 Å². The quantitative estimate of drug-likeness (QED) is 0.164. The van der Waals surface area contributed by atoms with Crippen molar-refractivity contribution in [2.24, 2.45) is 4.99 Å². The molecule has 0 saturated heterocycles. The number of aryl methyl sites for hydroxylation is 1. The average molecular weight is 571 g/mol. The molecular formula is C25H39IN4O3. The summed E-state index contributed by atoms with van der Waals surface area (Å²) in [5.41, 5.74) is 2.24. The summed E-state index contributed by atoms with van der Waals surface area (Å²) in [6, 6.07) is 11.5. The Morgan fingerprint density at radius 3 is 2.45 bits per heavy atom. The SMILES string of the molecule is CCNC(=NCCCCn1c(C)cccc1=O)NCCc1ccc(OCC)c(OCC)c1.I. The smallest absolute Gasteiger partial charge is 0.250 e. The molecule has 0 aliphatic rings. The summed E-state index contributed by atoms with van der Waals surface area (Å²) >= 11 is 0. The minimum Gasteiger partial charge on any atom is -0.490 e. The van der Waals surface area contributed by atoms with Gasteiger partial charge in [0.15, 0.2) is 17.5 Å². The fourth-order valence-electron chi connectivity index (χ4n) is 3.40. The molecule has 2 rings (SSSR count). The van der Waals surface area contributed by atoms with Gasteiger partial charge in [0, 0.05) is 37.9 Å². The molecule has 0 fully saturated rings. The topological polar surface area (TPSA) is 76.9 Å². The number of hydrogen-bond acceptors (Lipinski definition) is 4. The standard InChI is InChI=1S/C25H38N4O3.HI/c1-5-26-25(27-16-8-9-18-29-20(4)11-10-12-24(29)30)28-17-15-21-13-14-22(31-6-2)23(19-21)32-7-3;/h10-14,19H,5-9,15-18H2,1-4H3,(H2,26,27,28);1H. The van der Waals surface area contributed by atoms with Gasteiger partial charge in [-0.25, -0.2) is 0 Å². The first-order chi connectivity index (χ1) is 15.6. The number of pyridine rings is 1. The zero-order valence-corrected chi connectivity index (χ0v) is 22.7. The molecule has 2 N–H and O–H groups in total. The minimum absolute atomic E-state index is 0. The molecule has 8 heteroatoms. The Morgan fingerprint density at radius 1 is 1.00 bits per heavy atom. The predicted octanol–water partition coefficient (Wildman–Crippen LogP) is 4.15. The normalized spacial score (nSPS) is 11.0. The van der Waals surface area contributed by atoms with Crippen LogP contribution in [0.2, 0.25) is 0 Å². The van der Waals surface area contributed by atoms with E-state index in [4.69, 9.17) is 9.47 Å². The lowest BCUT2D eigenvalue weighted by Gasteiger charge is -2.14. The highest BCUT2D eigenvalue weighted by molar-refractivity contribution is 14.0. The Bertz CT molecular complexity index is 915. The molecule has 33 heavy (non-hydrogen) atoms. The predicted molar refractivity (Wildman–Crippen MR) is 147 cm³/mol. The summed E-state index contributed by atoms with van der Waals surface area (Å²) < 4.78 is 13.2. The molecule has 0 aliphatic carbocycles. The maximum atomic E-state index is 11.9. The molecule has 0 amide bonds. The van der Waals surface area contributed by atoms with Crippen LogP contribution < -0.4 is 25.7 Å². The van der Waals surface area contributed by atoms with Crippen molar-refractivity contribution in [2.75, 3.05) is 32.8 Å². The number of benzene rings is 1. The molecule has 2 aromatic rings. The zero-order chi connectivity index (χ0) is 23.2. The summed E-state index contributed by atoms with van der Waals surface area (Å²) in [7, 11) is 0. The molecule has 1 heterocycles. The lowest BCUT2D eigenvalue weighted by molar-refractivity contribution is 0.287. The number of aromatic nitrogens is 1. The van der Waals surface area contributed by atoms with E-state index in [2.05, 4.69) is 28.6 Å². The highest BCUT2D eigenvalue weighted by Crippen LogP contribution is 2.28. The van der Waals surface area contributed by atoms with Crippen LogP contribution in [0.5, 0.6) is 11.5 Å². The number of aliphatic imine (C=N–C) groups is 1. The van der Waals surface area contributed by atoms with Gasteiger partial charge in [0.05, 0.1) is 13.2 Å². The number of nitrogens with one attached hydrogen (secondary N) is 2. The van der Waals surface area contributed by atoms with E-state index in [0.29, 0.717) is 19.8 Å². The van der Waals surface area contributed by atoms with Crippen molar-refractivity contribution in [3.63, 3.8) is 0 Å². The lowest BCUT2D eigenvalue weighted by Crippen LogP contribution is -2.38. The van der Waals surface area contributed by atoms with E-state index in [9.17, 15) is 4.79 Å². The summed E-state index contributed by atoms with van der Waals surface area (Å²) in [6.45, 7) is 12.2. The lowest BCUT2D eigenvalue weighted by atomic mass is 10.1. The van der Waals surface area contributed by atoms with E-state index < -0.39 is 0 Å². The third-order valence-electron chi connectivity index (χ3n) is 4.99. The largest absolute Gasteiger partial charge is 0.490 e. The van der Waals surface area contributed by atoms with Crippen LogP contribution in [0.1, 0.15) is 44.9 Å². The molecule has 0 unspecified atom stereocenters. The van der Waals surface area contributed by atoms with Crippen LogP contribution in [0.15, 0.2) is 46.2 Å². The molecule has 0 atom stereocenters. The second-order valence-corrected chi connectivity index (χ2v) is 7.45. The molecule has 0 aliphatic heterocycles. The Kier molecular flexibility index (Phi) is 14.3. The number of rotatable bonds is 13. The maximum absolute atomic E-state index is 11.9. The van der Waals surface area contributed by atoms with Crippen molar-refractivity contribution in [2.45, 2.75) is 53.5 Å². The second-order valence-electron chi connectivity index (χ2n) is 7.45. The zero-order valence-electron chi connectivity index (χ0n) is 20.4. The van der Waals surface area contributed by atoms with Gasteiger partial charge in [-0.2, -0.15) is 0 Å². The fraction of sp³-hybridized carbons (Fsp3) is 0.520. The van der Waals surface area contributed by atoms with Gasteiger partial charge < -0.3 is 24.7 Å². The van der Waals surface area contributed by atoms with E-state index >= 15 is 0 Å². The van der Waals surface area contributed by atoms with E-state index in [0.717, 1.165) is 62.0 Å². The Balaban J connectivity index is 0.00000544. The first-order valence-corrected chi connectivity index (χ1v) is 11.7. The van der Waals surface area contributed by atoms with Crippen LogP contribution in [-0.4, -0.2) is 43.4 Å². The van der Waals surface area contributed by atoms with E-state index in [1.165, 1.54) is 5.56 Å². The van der Waals surface area contributed by atoms with Crippen LogP contribution in [-0.2, 0) is 13.0 Å². The van der Waals surface area contributed by atoms with Gasteiger partial charge in [-0.15, -0.1) is 24.0 Å². The fourth-order valence-corrected chi connectivity index (χ4v) is 3.40. The molecular weight excluding hydrogens is 531 g/mol. The van der Waals surface area contributed by atoms with Crippen molar-refractivity contribution in [3.8, 4) is 11.5 Å². The number of guanidine groups is 1. The first kappa shape index (κ1) is 28.8. The molecule has 184 valence electrons. The molecule has 0 spiro atoms. The molecule has 7 nitrogen and oxygen atoms in total. The van der Waals surface area contributed by atoms with Crippen LogP contribution in [0, 0.1) is 6.92 Å². The third kappa shape index (κ3) is 10.1. The summed E-state index contributed by atoms with van der Waals surface area (Å²) in [5, 5.41) is 6.69. The van der Waals surface area contributed by atoms with Gasteiger partial charge in [-0.3, -0.25) is 9.79 Å². The summed E-state index contributed by atoms with van der Waals surface area (Å²) in [6.07, 6.45) is 2.70. The first-order valence-electron chi connectivity index (χ1n) is 11.7. The number of ether oxygens (including phenoxy) is 2. The van der Waals surface area contributed by atoms with Gasteiger partial charge in [0.25, 0.3) is 5.56 Å². The summed E-state index contributed by atoms with van der Waals surface area (Å²) in [4.78, 5) is 16.6. The minimum atomic E-state index is 0. The van der Waals surface area contributed by atoms with Gasteiger partial charge >= 0.3 is 0 Å². The van der Waals surface area contributed by atoms with Crippen molar-refractivity contribution in [1.29, 1.82) is 0 Å². The number of hydrogen-bond donors (Lipinski definition) is 2. The van der Waals surface area contributed by atoms with E-state index in [1.54, 1.807) is 12.1 Å². The second kappa shape index (κ2) is 16.4. The number of unbranched alkanes of at least 4 members (excludes halogenated alkanes) is 1. The Morgan fingerprint density at radius 2 is 1.76 bits per heavy atom. The molecule has 1 aromatic carbocycles. The maximum Gasteiger partial charge on any atom is 0.250 e. The molecule has 0 saturated carbocycles. The van der Waals surface area contributed by atoms with E-state index in [-0.39, 0.29) is 29.5 Å². The highest BCUT2D eigenvalue weighted by Gasteiger charge is 2.06. The van der Waals surface area contributed by atoms with E-state index in [1.807, 2.05) is 43.5 Å². The van der Waals surface area contributed by atoms with Crippen molar-refractivity contribution < 1.29 is 9.47 Å². The van der Waals surface area contributed by atoms with Crippen LogP contribution in [0.4, 0.5) is 0 Å². The van der Waals surface area contributed by atoms with Crippen LogP contribution >= 0.6 is 24.0 Å². The van der Waals surface area contributed by atoms with Crippen molar-refractivity contribution in [3.05, 3.63) is 58.0 Å². The van der Waals surface area contributed by atoms with Gasteiger partial charge in [-0.05, 0) is 70.7 Å². The molecule has 0 bridgehead atoms. The van der Waals surface area contributed by atoms with Crippen LogP contribution in [0.25, 0.3) is 0 Å². The van der Waals surface area contributed by atoms with Crippen molar-refractivity contribution >= 4 is 29.9 Å². The molecule has 1 aromatic heterocycles. The van der Waals surface area contributed by atoms with Gasteiger partial charge in [0.1, 0.15) is 0 Å².